The summed E-state index contributed by atoms with van der Waals surface area (Å²) in [5, 5.41) is 55.8. The molecule has 0 radical (unpaired) electrons. The molecular formula is C37H44N2Na4O13S. The molecule has 1 aliphatic carbocycles. The number of carboxylic acid groups (broad SMARTS) is 4. The van der Waals surface area contributed by atoms with E-state index in [0.29, 0.717) is 22.3 Å². The number of ketones is 1. The van der Waals surface area contributed by atoms with Gasteiger partial charge in [-0.1, -0.05) is 58.4 Å². The van der Waals surface area contributed by atoms with Crippen LogP contribution in [-0.4, -0.2) is 95.4 Å². The SMILES string of the molecule is Cc1c(/C(=C2/CC(C(C)C)C(=O)C(CN(CC(=O)[O-])CC(=O)[O-])C2C)c2ccccc2S(=O)(=O)[O-])cc(C(C)C)c(O)c1CN(CC(=O)[O-])CC(=O)O.[Na+].[Na+].[Na+].[Na+]. The molecule has 0 aromatic heterocycles. The molecule has 57 heavy (non-hydrogen) atoms. The van der Waals surface area contributed by atoms with Crippen molar-refractivity contribution < 1.29 is 181 Å². The van der Waals surface area contributed by atoms with Crippen molar-refractivity contribution >= 4 is 45.4 Å². The van der Waals surface area contributed by atoms with E-state index in [-0.39, 0.29) is 172 Å². The molecule has 15 nitrogen and oxygen atoms in total. The molecule has 0 spiro atoms. The van der Waals surface area contributed by atoms with Gasteiger partial charge in [0, 0.05) is 50.1 Å². The van der Waals surface area contributed by atoms with Gasteiger partial charge in [-0.15, -0.1) is 0 Å². The number of carbonyl (C=O) groups excluding carboxylic acids is 4. The molecule has 1 saturated carbocycles. The number of phenolic OH excluding ortho intramolecular Hbond substituents is 1. The molecule has 0 saturated heterocycles. The third-order valence-electron chi connectivity index (χ3n) is 9.74. The average Bonchev–Trinajstić information content (AvgIpc) is 3.01. The van der Waals surface area contributed by atoms with Gasteiger partial charge in [0.15, 0.2) is 0 Å². The third-order valence-corrected chi connectivity index (χ3v) is 10.6. The largest absolute Gasteiger partial charge is 1.00 e. The quantitative estimate of drug-likeness (QED) is 0.111. The zero-order chi connectivity index (χ0) is 40.1. The first-order valence-corrected chi connectivity index (χ1v) is 18.4. The van der Waals surface area contributed by atoms with Crippen molar-refractivity contribution in [2.75, 3.05) is 32.7 Å². The van der Waals surface area contributed by atoms with Crippen molar-refractivity contribution in [3.63, 3.8) is 0 Å². The second kappa shape index (κ2) is 25.3. The number of benzene rings is 2. The maximum Gasteiger partial charge on any atom is 1.00 e. The number of nitrogens with zero attached hydrogens (tertiary/aromatic N) is 2. The second-order valence-electron chi connectivity index (χ2n) is 14.1. The van der Waals surface area contributed by atoms with Gasteiger partial charge >= 0.3 is 124 Å². The Bertz CT molecular complexity index is 1890. The number of hydrogen-bond donors (Lipinski definition) is 2. The van der Waals surface area contributed by atoms with Crippen LogP contribution in [0.4, 0.5) is 0 Å². The summed E-state index contributed by atoms with van der Waals surface area (Å²) in [6.07, 6.45) is 0.0557. The fourth-order valence-electron chi connectivity index (χ4n) is 7.15. The van der Waals surface area contributed by atoms with E-state index in [1.165, 1.54) is 18.2 Å². The number of carboxylic acids is 4. The van der Waals surface area contributed by atoms with Crippen LogP contribution in [0.25, 0.3) is 5.57 Å². The van der Waals surface area contributed by atoms with Crippen LogP contribution in [0.2, 0.25) is 0 Å². The minimum Gasteiger partial charge on any atom is -0.744 e. The van der Waals surface area contributed by atoms with Crippen molar-refractivity contribution in [3.05, 3.63) is 63.7 Å². The van der Waals surface area contributed by atoms with Crippen LogP contribution in [0, 0.1) is 30.6 Å². The van der Waals surface area contributed by atoms with Crippen LogP contribution < -0.4 is 134 Å². The van der Waals surface area contributed by atoms with Crippen LogP contribution >= 0.6 is 0 Å². The number of aromatic hydroxyl groups is 1. The normalized spacial score (nSPS) is 17.6. The molecule has 2 aromatic carbocycles. The molecule has 1 aliphatic rings. The number of allylic oxidation sites excluding steroid dienone is 1. The standard InChI is InChI=1S/C37H48N2O13S.4Na/c1-19(2)24-11-26(21(5)28(36(24)48)13-38(15-31(40)41)16-32(42)43)35(23-9-7-8-10-30(23)53(50,51)52)27-12-25(20(3)4)37(49)29(22(27)6)14-39(17-33(44)45)18-34(46)47;;;;/h7-11,19-20,22,25,29,48H,12-18H2,1-6H3,(H,40,41)(H,42,43)(H,44,45)(H,46,47)(H,50,51,52);;;;/q;4*+1/p-4/b35-27-;;;;. The summed E-state index contributed by atoms with van der Waals surface area (Å²) in [6.45, 7) is 6.42. The zero-order valence-corrected chi connectivity index (χ0v) is 43.2. The first-order valence-electron chi connectivity index (χ1n) is 17.0. The number of rotatable bonds is 17. The number of phenols is 1. The van der Waals surface area contributed by atoms with Crippen LogP contribution in [0.5, 0.6) is 5.75 Å². The van der Waals surface area contributed by atoms with E-state index in [1.54, 1.807) is 47.6 Å². The Balaban J connectivity index is 0. The van der Waals surface area contributed by atoms with Gasteiger partial charge < -0.3 is 44.5 Å². The van der Waals surface area contributed by atoms with Crippen LogP contribution in [0.3, 0.4) is 0 Å². The molecule has 3 atom stereocenters. The van der Waals surface area contributed by atoms with Gasteiger partial charge in [0.1, 0.15) is 21.7 Å². The molecule has 0 heterocycles. The van der Waals surface area contributed by atoms with Gasteiger partial charge in [-0.2, -0.15) is 0 Å². The van der Waals surface area contributed by atoms with E-state index in [0.717, 1.165) is 15.9 Å². The summed E-state index contributed by atoms with van der Waals surface area (Å²) >= 11 is 0. The Morgan fingerprint density at radius 3 is 1.82 bits per heavy atom. The Labute approximate surface area is 421 Å². The molecule has 3 rings (SSSR count). The molecule has 20 heteroatoms. The summed E-state index contributed by atoms with van der Waals surface area (Å²) in [5.41, 5.74) is 1.71. The Morgan fingerprint density at radius 1 is 0.860 bits per heavy atom. The Kier molecular flexibility index (Phi) is 26.0. The van der Waals surface area contributed by atoms with Crippen molar-refractivity contribution in [3.8, 4) is 5.75 Å². The van der Waals surface area contributed by atoms with E-state index in [4.69, 9.17) is 0 Å². The molecular weight excluding hydrogens is 804 g/mol. The maximum atomic E-state index is 14.1. The smallest absolute Gasteiger partial charge is 0.744 e. The number of hydrogen-bond acceptors (Lipinski definition) is 14. The second-order valence-corrected chi connectivity index (χ2v) is 15.5. The number of Topliss-reactive ketones (excluding diaryl/α,β-unsaturated/α-hetero) is 1. The molecule has 2 N–H and O–H groups in total. The summed E-state index contributed by atoms with van der Waals surface area (Å²) in [4.78, 5) is 62.0. The fourth-order valence-corrected chi connectivity index (χ4v) is 7.83. The summed E-state index contributed by atoms with van der Waals surface area (Å²) in [6, 6.07) is 7.03. The summed E-state index contributed by atoms with van der Waals surface area (Å²) in [7, 11) is -5.15. The fraction of sp³-hybridized carbons (Fsp3) is 0.486. The van der Waals surface area contributed by atoms with Gasteiger partial charge in [-0.05, 0) is 71.1 Å². The van der Waals surface area contributed by atoms with Crippen LogP contribution in [0.1, 0.15) is 74.8 Å². The maximum absolute atomic E-state index is 14.1. The van der Waals surface area contributed by atoms with E-state index in [1.807, 2.05) is 0 Å². The zero-order valence-electron chi connectivity index (χ0n) is 34.4. The molecule has 3 unspecified atom stereocenters. The molecule has 2 aromatic rings. The van der Waals surface area contributed by atoms with E-state index >= 15 is 0 Å². The Hall–Kier alpha value is -0.640. The minimum atomic E-state index is -5.15. The number of carbonyl (C=O) groups is 5. The van der Waals surface area contributed by atoms with Crippen molar-refractivity contribution in [2.45, 2.75) is 65.3 Å². The van der Waals surface area contributed by atoms with Gasteiger partial charge in [-0.3, -0.25) is 19.4 Å². The summed E-state index contributed by atoms with van der Waals surface area (Å²) in [5.74, 6) is -9.87. The van der Waals surface area contributed by atoms with Gasteiger partial charge in [0.25, 0.3) is 0 Å². The van der Waals surface area contributed by atoms with Crippen molar-refractivity contribution in [2.24, 2.45) is 23.7 Å². The van der Waals surface area contributed by atoms with E-state index in [2.05, 4.69) is 0 Å². The Morgan fingerprint density at radius 2 is 1.37 bits per heavy atom. The topological polar surface area (TPSA) is 259 Å². The predicted octanol–water partition coefficient (Wildman–Crippen LogP) is -12.5. The van der Waals surface area contributed by atoms with Gasteiger partial charge in [0.2, 0.25) is 0 Å². The van der Waals surface area contributed by atoms with Crippen molar-refractivity contribution in [1.29, 1.82) is 0 Å². The molecule has 1 fully saturated rings. The molecule has 290 valence electrons. The molecule has 0 bridgehead atoms. The minimum absolute atomic E-state index is 0. The number of aliphatic carboxylic acids is 4. The summed E-state index contributed by atoms with van der Waals surface area (Å²) < 4.78 is 38.4. The van der Waals surface area contributed by atoms with Crippen LogP contribution in [-0.2, 0) is 40.6 Å². The predicted molar refractivity (Wildman–Crippen MR) is 182 cm³/mol. The van der Waals surface area contributed by atoms with Crippen LogP contribution in [0.15, 0.2) is 40.8 Å². The first kappa shape index (κ1) is 58.5. The van der Waals surface area contributed by atoms with E-state index < -0.39 is 88.7 Å². The first-order chi connectivity index (χ1) is 24.5. The van der Waals surface area contributed by atoms with Gasteiger partial charge in [0.05, 0.1) is 29.3 Å². The van der Waals surface area contributed by atoms with Crippen molar-refractivity contribution in [1.82, 2.24) is 9.80 Å². The van der Waals surface area contributed by atoms with E-state index in [9.17, 15) is 62.5 Å². The third kappa shape index (κ3) is 15.6. The molecule has 0 aliphatic heterocycles. The monoisotopic (exact) mass is 848 g/mol. The van der Waals surface area contributed by atoms with Gasteiger partial charge in [-0.25, -0.2) is 8.42 Å². The average molecular weight is 849 g/mol. The molecule has 0 amide bonds.